The van der Waals surface area contributed by atoms with Gasteiger partial charge < -0.3 is 5.32 Å². The van der Waals surface area contributed by atoms with Crippen LogP contribution in [-0.4, -0.2) is 21.9 Å². The van der Waals surface area contributed by atoms with Crippen molar-refractivity contribution < 1.29 is 0 Å². The molecule has 2 saturated carbocycles. The van der Waals surface area contributed by atoms with E-state index >= 15 is 0 Å². The molecular formula is C18H31N3. The maximum Gasteiger partial charge on any atom is 0.0630 e. The predicted molar refractivity (Wildman–Crippen MR) is 87.3 cm³/mol. The van der Waals surface area contributed by atoms with Crippen LogP contribution in [0, 0.1) is 17.3 Å². The molecule has 2 atom stereocenters. The van der Waals surface area contributed by atoms with Crippen LogP contribution in [0.1, 0.15) is 65.6 Å². The minimum atomic E-state index is 0.205. The van der Waals surface area contributed by atoms with E-state index in [1.54, 1.807) is 0 Å². The second kappa shape index (κ2) is 5.12. The van der Waals surface area contributed by atoms with Crippen LogP contribution < -0.4 is 5.32 Å². The van der Waals surface area contributed by atoms with Gasteiger partial charge in [0.05, 0.1) is 5.69 Å². The Balaban J connectivity index is 1.70. The lowest BCUT2D eigenvalue weighted by Gasteiger charge is -2.34. The van der Waals surface area contributed by atoms with Crippen molar-refractivity contribution in [2.45, 2.75) is 71.9 Å². The quantitative estimate of drug-likeness (QED) is 0.893. The van der Waals surface area contributed by atoms with Gasteiger partial charge in [-0.25, -0.2) is 0 Å². The summed E-state index contributed by atoms with van der Waals surface area (Å²) in [5.41, 5.74) is 1.93. The molecule has 2 aliphatic rings. The molecular weight excluding hydrogens is 258 g/mol. The van der Waals surface area contributed by atoms with E-state index in [0.29, 0.717) is 11.5 Å². The number of hydrogen-bond acceptors (Lipinski definition) is 2. The third-order valence-electron chi connectivity index (χ3n) is 5.20. The summed E-state index contributed by atoms with van der Waals surface area (Å²) in [7, 11) is 0. The van der Waals surface area contributed by atoms with E-state index in [0.717, 1.165) is 24.8 Å². The molecule has 3 heteroatoms. The summed E-state index contributed by atoms with van der Waals surface area (Å²) in [6.45, 7) is 12.3. The zero-order chi connectivity index (χ0) is 15.3. The second-order valence-corrected chi connectivity index (χ2v) is 8.83. The van der Waals surface area contributed by atoms with Crippen molar-refractivity contribution >= 4 is 0 Å². The molecule has 0 spiro atoms. The molecule has 118 valence electrons. The molecule has 0 amide bonds. The lowest BCUT2D eigenvalue weighted by molar-refractivity contribution is 0.219. The third-order valence-corrected chi connectivity index (χ3v) is 5.20. The zero-order valence-electron chi connectivity index (χ0n) is 14.3. The van der Waals surface area contributed by atoms with Gasteiger partial charge in [0.25, 0.3) is 0 Å². The van der Waals surface area contributed by atoms with Gasteiger partial charge in [0.2, 0.25) is 0 Å². The van der Waals surface area contributed by atoms with Crippen molar-refractivity contribution in [1.29, 1.82) is 0 Å². The topological polar surface area (TPSA) is 29.9 Å². The van der Waals surface area contributed by atoms with E-state index in [-0.39, 0.29) is 5.54 Å². The average Bonchev–Trinajstić information content (AvgIpc) is 2.81. The highest BCUT2D eigenvalue weighted by atomic mass is 15.3. The van der Waals surface area contributed by atoms with Crippen molar-refractivity contribution in [2.75, 3.05) is 6.54 Å². The van der Waals surface area contributed by atoms with Gasteiger partial charge in [0.15, 0.2) is 0 Å². The Hall–Kier alpha value is -0.830. The van der Waals surface area contributed by atoms with Gasteiger partial charge in [0, 0.05) is 24.3 Å². The van der Waals surface area contributed by atoms with Gasteiger partial charge in [-0.05, 0) is 83.6 Å². The van der Waals surface area contributed by atoms with Gasteiger partial charge >= 0.3 is 0 Å². The summed E-state index contributed by atoms with van der Waals surface area (Å²) in [6, 6.07) is 2.68. The molecule has 0 aliphatic heterocycles. The van der Waals surface area contributed by atoms with Crippen LogP contribution in [0.5, 0.6) is 0 Å². The zero-order valence-corrected chi connectivity index (χ0v) is 14.3. The van der Waals surface area contributed by atoms with Crippen molar-refractivity contribution in [3.8, 4) is 0 Å². The van der Waals surface area contributed by atoms with E-state index < -0.39 is 0 Å². The van der Waals surface area contributed by atoms with Crippen LogP contribution in [0.2, 0.25) is 0 Å². The van der Waals surface area contributed by atoms with E-state index in [1.807, 2.05) is 0 Å². The molecule has 3 rings (SSSR count). The Morgan fingerprint density at radius 2 is 2.00 bits per heavy atom. The Morgan fingerprint density at radius 1 is 1.33 bits per heavy atom. The van der Waals surface area contributed by atoms with Gasteiger partial charge in [-0.1, -0.05) is 0 Å². The van der Waals surface area contributed by atoms with Gasteiger partial charge in [-0.2, -0.15) is 5.10 Å². The lowest BCUT2D eigenvalue weighted by Crippen LogP contribution is -2.44. The fourth-order valence-electron chi connectivity index (χ4n) is 3.95. The number of aromatic nitrogens is 2. The Kier molecular flexibility index (Phi) is 3.67. The number of nitrogens with zero attached hydrogens (tertiary/aromatic N) is 2. The number of fused-ring (bicyclic) bond motifs is 1. The summed E-state index contributed by atoms with van der Waals surface area (Å²) in [4.78, 5) is 0. The highest BCUT2D eigenvalue weighted by Gasteiger charge is 2.53. The largest absolute Gasteiger partial charge is 0.312 e. The van der Waals surface area contributed by atoms with Gasteiger partial charge in [-0.3, -0.25) is 4.68 Å². The molecule has 3 nitrogen and oxygen atoms in total. The van der Waals surface area contributed by atoms with Crippen LogP contribution in [-0.2, 0) is 6.42 Å². The molecule has 0 bridgehead atoms. The van der Waals surface area contributed by atoms with E-state index in [4.69, 9.17) is 5.10 Å². The molecule has 2 aliphatic carbocycles. The molecule has 1 N–H and O–H groups in total. The van der Waals surface area contributed by atoms with Crippen molar-refractivity contribution in [2.24, 2.45) is 17.3 Å². The Morgan fingerprint density at radius 3 is 2.52 bits per heavy atom. The molecule has 0 radical (unpaired) electrons. The maximum absolute atomic E-state index is 4.79. The van der Waals surface area contributed by atoms with Crippen LogP contribution in [0.3, 0.4) is 0 Å². The standard InChI is InChI=1S/C18H31N3/c1-13(2)21-7-6-16(20-21)11-18(12-19-17(3,4)5)9-14-8-15(14)10-18/h6-7,13-15,19H,8-12H2,1-5H3. The van der Waals surface area contributed by atoms with Crippen LogP contribution in [0.4, 0.5) is 0 Å². The SMILES string of the molecule is CC(C)n1ccc(CC2(CNC(C)(C)C)CC3CC3C2)n1. The van der Waals surface area contributed by atoms with Crippen molar-refractivity contribution in [3.05, 3.63) is 18.0 Å². The molecule has 1 aromatic rings. The normalized spacial score (nSPS) is 31.7. The summed E-state index contributed by atoms with van der Waals surface area (Å²) >= 11 is 0. The highest BCUT2D eigenvalue weighted by molar-refractivity contribution is 5.11. The van der Waals surface area contributed by atoms with E-state index in [2.05, 4.69) is 56.9 Å². The molecule has 0 aromatic carbocycles. The third kappa shape index (κ3) is 3.50. The lowest BCUT2D eigenvalue weighted by atomic mass is 9.78. The first-order chi connectivity index (χ1) is 9.76. The maximum atomic E-state index is 4.79. The molecule has 1 heterocycles. The first kappa shape index (κ1) is 15.1. The van der Waals surface area contributed by atoms with Gasteiger partial charge in [0.1, 0.15) is 0 Å². The van der Waals surface area contributed by atoms with Crippen molar-refractivity contribution in [3.63, 3.8) is 0 Å². The van der Waals surface area contributed by atoms with E-state index in [1.165, 1.54) is 25.0 Å². The van der Waals surface area contributed by atoms with Gasteiger partial charge in [-0.15, -0.1) is 0 Å². The first-order valence-corrected chi connectivity index (χ1v) is 8.55. The van der Waals surface area contributed by atoms with Crippen molar-refractivity contribution in [1.82, 2.24) is 15.1 Å². The first-order valence-electron chi connectivity index (χ1n) is 8.55. The molecule has 2 fully saturated rings. The van der Waals surface area contributed by atoms with Crippen LogP contribution >= 0.6 is 0 Å². The fourth-order valence-corrected chi connectivity index (χ4v) is 3.95. The molecule has 2 unspecified atom stereocenters. The smallest absolute Gasteiger partial charge is 0.0630 e. The summed E-state index contributed by atoms with van der Waals surface area (Å²) < 4.78 is 2.09. The summed E-state index contributed by atoms with van der Waals surface area (Å²) in [5.74, 6) is 2.03. The monoisotopic (exact) mass is 289 g/mol. The minimum absolute atomic E-state index is 0.205. The summed E-state index contributed by atoms with van der Waals surface area (Å²) in [6.07, 6.45) is 7.56. The Bertz CT molecular complexity index is 485. The van der Waals surface area contributed by atoms with E-state index in [9.17, 15) is 0 Å². The predicted octanol–water partition coefficient (Wildman–Crippen LogP) is 3.81. The van der Waals surface area contributed by atoms with Crippen LogP contribution in [0.15, 0.2) is 12.3 Å². The number of nitrogens with one attached hydrogen (secondary N) is 1. The highest BCUT2D eigenvalue weighted by Crippen LogP contribution is 2.60. The molecule has 0 saturated heterocycles. The Labute approximate surface area is 129 Å². The minimum Gasteiger partial charge on any atom is -0.312 e. The second-order valence-electron chi connectivity index (χ2n) is 8.83. The molecule has 1 aromatic heterocycles. The molecule has 21 heavy (non-hydrogen) atoms. The van der Waals surface area contributed by atoms with Crippen LogP contribution in [0.25, 0.3) is 0 Å². The average molecular weight is 289 g/mol. The summed E-state index contributed by atoms with van der Waals surface area (Å²) in [5, 5.41) is 8.55. The fraction of sp³-hybridized carbons (Fsp3) is 0.833. The number of rotatable bonds is 5. The number of hydrogen-bond donors (Lipinski definition) is 1.